The Morgan fingerprint density at radius 1 is 1.00 bits per heavy atom. The number of carbonyl (C=O) groups is 1. The molecule has 26 heavy (non-hydrogen) atoms. The van der Waals surface area contributed by atoms with Gasteiger partial charge >= 0.3 is 29.6 Å². The van der Waals surface area contributed by atoms with Crippen LogP contribution in [0.15, 0.2) is 67.0 Å². The van der Waals surface area contributed by atoms with Crippen LogP contribution >= 0.6 is 11.6 Å². The van der Waals surface area contributed by atoms with Crippen molar-refractivity contribution in [3.63, 3.8) is 0 Å². The normalized spacial score (nSPS) is 10.5. The predicted octanol–water partition coefficient (Wildman–Crippen LogP) is 1.15. The number of fused-ring (bicyclic) bond motifs is 3. The van der Waals surface area contributed by atoms with Gasteiger partial charge in [0.2, 0.25) is 0 Å². The Morgan fingerprint density at radius 3 is 2.62 bits per heavy atom. The fourth-order valence-electron chi connectivity index (χ4n) is 2.96. The number of aromatic nitrogens is 1. The molecule has 0 aliphatic heterocycles. The minimum Gasteiger partial charge on any atom is -0.545 e. The van der Waals surface area contributed by atoms with Gasteiger partial charge in [-0.3, -0.25) is 4.98 Å². The van der Waals surface area contributed by atoms with E-state index in [0.29, 0.717) is 5.02 Å². The fourth-order valence-corrected chi connectivity index (χ4v) is 3.15. The van der Waals surface area contributed by atoms with E-state index < -0.39 is 5.97 Å². The molecule has 0 bridgehead atoms. The molecular formula is C20H12ClN2NaO2. The van der Waals surface area contributed by atoms with Crippen LogP contribution in [-0.2, 0) is 0 Å². The first kappa shape index (κ1) is 18.7. The fraction of sp³-hybridized carbons (Fsp3) is 0. The van der Waals surface area contributed by atoms with E-state index in [9.17, 15) is 9.90 Å². The summed E-state index contributed by atoms with van der Waals surface area (Å²) in [6.45, 7) is 0. The van der Waals surface area contributed by atoms with Crippen molar-refractivity contribution >= 4 is 50.5 Å². The number of halogens is 1. The molecule has 4 nitrogen and oxygen atoms in total. The average Bonchev–Trinajstić information content (AvgIpc) is 2.61. The van der Waals surface area contributed by atoms with Gasteiger partial charge < -0.3 is 15.2 Å². The molecule has 0 aliphatic rings. The topological polar surface area (TPSA) is 65.0 Å². The summed E-state index contributed by atoms with van der Waals surface area (Å²) in [5.74, 6) is -1.20. The third-order valence-corrected chi connectivity index (χ3v) is 4.33. The largest absolute Gasteiger partial charge is 1.00 e. The molecule has 4 rings (SSSR count). The molecule has 3 aromatic carbocycles. The molecule has 0 saturated carbocycles. The molecule has 0 unspecified atom stereocenters. The molecule has 1 heterocycles. The summed E-state index contributed by atoms with van der Waals surface area (Å²) in [6.07, 6.45) is 3.51. The Labute approximate surface area is 177 Å². The maximum absolute atomic E-state index is 11.2. The Balaban J connectivity index is 0.00000196. The number of nitrogens with one attached hydrogen (secondary N) is 1. The van der Waals surface area contributed by atoms with Gasteiger partial charge in [0.25, 0.3) is 0 Å². The number of pyridine rings is 1. The number of carbonyl (C=O) groups excluding carboxylic acids is 1. The molecule has 0 fully saturated rings. The third kappa shape index (κ3) is 3.55. The standard InChI is InChI=1S/C20H13ClN2O2.Na/c21-14-2-1-3-15(10-14)23-19-9-13-8-12(20(24)25)4-5-16(13)18-11-22-7-6-17(18)19;/h1-11,23H,(H,24,25);/q;+1/p-1. The van der Waals surface area contributed by atoms with E-state index in [1.165, 1.54) is 0 Å². The average molecular weight is 371 g/mol. The summed E-state index contributed by atoms with van der Waals surface area (Å²) in [7, 11) is 0. The summed E-state index contributed by atoms with van der Waals surface area (Å²) in [6, 6.07) is 16.2. The summed E-state index contributed by atoms with van der Waals surface area (Å²) >= 11 is 6.06. The van der Waals surface area contributed by atoms with Crippen molar-refractivity contribution < 1.29 is 39.5 Å². The maximum Gasteiger partial charge on any atom is 1.00 e. The Morgan fingerprint density at radius 2 is 1.85 bits per heavy atom. The van der Waals surface area contributed by atoms with Gasteiger partial charge in [-0.1, -0.05) is 29.8 Å². The first-order valence-electron chi connectivity index (χ1n) is 7.66. The summed E-state index contributed by atoms with van der Waals surface area (Å²) in [4.78, 5) is 15.4. The van der Waals surface area contributed by atoms with E-state index in [-0.39, 0.29) is 35.1 Å². The Kier molecular flexibility index (Phi) is 5.49. The van der Waals surface area contributed by atoms with Crippen LogP contribution in [0.25, 0.3) is 21.5 Å². The molecule has 0 amide bonds. The molecule has 0 aliphatic carbocycles. The number of nitrogens with zero attached hydrogens (tertiary/aromatic N) is 1. The van der Waals surface area contributed by atoms with Gasteiger partial charge in [0, 0.05) is 39.6 Å². The molecule has 122 valence electrons. The van der Waals surface area contributed by atoms with Crippen molar-refractivity contribution in [3.8, 4) is 0 Å². The minimum absolute atomic E-state index is 0. The zero-order valence-corrected chi connectivity index (χ0v) is 16.7. The van der Waals surface area contributed by atoms with Gasteiger partial charge in [-0.15, -0.1) is 0 Å². The third-order valence-electron chi connectivity index (χ3n) is 4.09. The van der Waals surface area contributed by atoms with Crippen LogP contribution in [0.1, 0.15) is 10.4 Å². The SMILES string of the molecule is O=C([O-])c1ccc2c(c1)cc(Nc1cccc(Cl)c1)c1ccncc12.[Na+]. The zero-order chi connectivity index (χ0) is 17.4. The first-order chi connectivity index (χ1) is 12.1. The maximum atomic E-state index is 11.2. The monoisotopic (exact) mass is 370 g/mol. The van der Waals surface area contributed by atoms with E-state index in [1.54, 1.807) is 36.7 Å². The van der Waals surface area contributed by atoms with Crippen molar-refractivity contribution in [3.05, 3.63) is 77.6 Å². The predicted molar refractivity (Wildman–Crippen MR) is 98.3 cm³/mol. The van der Waals surface area contributed by atoms with E-state index >= 15 is 0 Å². The van der Waals surface area contributed by atoms with Gasteiger partial charge in [-0.25, -0.2) is 0 Å². The van der Waals surface area contributed by atoms with Gasteiger partial charge in [-0.05, 0) is 52.7 Å². The number of carboxylic acid groups (broad SMARTS) is 1. The van der Waals surface area contributed by atoms with Gasteiger partial charge in [0.1, 0.15) is 0 Å². The number of aromatic carboxylic acids is 1. The molecule has 1 N–H and O–H groups in total. The number of hydrogen-bond donors (Lipinski definition) is 1. The van der Waals surface area contributed by atoms with Crippen LogP contribution in [0.3, 0.4) is 0 Å². The second-order valence-corrected chi connectivity index (χ2v) is 6.14. The number of carboxylic acids is 1. The second-order valence-electron chi connectivity index (χ2n) is 5.70. The van der Waals surface area contributed by atoms with Crippen molar-refractivity contribution in [2.75, 3.05) is 5.32 Å². The van der Waals surface area contributed by atoms with E-state index in [0.717, 1.165) is 32.9 Å². The quantitative estimate of drug-likeness (QED) is 0.434. The van der Waals surface area contributed by atoms with E-state index in [1.807, 2.05) is 30.3 Å². The molecule has 0 radical (unpaired) electrons. The van der Waals surface area contributed by atoms with E-state index in [4.69, 9.17) is 11.6 Å². The van der Waals surface area contributed by atoms with Crippen LogP contribution < -0.4 is 40.0 Å². The van der Waals surface area contributed by atoms with Crippen molar-refractivity contribution in [2.24, 2.45) is 0 Å². The van der Waals surface area contributed by atoms with Crippen LogP contribution in [0.4, 0.5) is 11.4 Å². The summed E-state index contributed by atoms with van der Waals surface area (Å²) in [5, 5.41) is 18.8. The van der Waals surface area contributed by atoms with Crippen LogP contribution in [0.2, 0.25) is 5.02 Å². The molecule has 6 heteroatoms. The van der Waals surface area contributed by atoms with Crippen LogP contribution in [0.5, 0.6) is 0 Å². The van der Waals surface area contributed by atoms with Crippen LogP contribution in [0, 0.1) is 0 Å². The van der Waals surface area contributed by atoms with Gasteiger partial charge in [0.15, 0.2) is 0 Å². The number of anilines is 2. The van der Waals surface area contributed by atoms with Gasteiger partial charge in [-0.2, -0.15) is 0 Å². The number of benzene rings is 3. The first-order valence-corrected chi connectivity index (χ1v) is 8.04. The molecule has 0 spiro atoms. The van der Waals surface area contributed by atoms with Crippen molar-refractivity contribution in [1.82, 2.24) is 4.98 Å². The Bertz CT molecular complexity index is 1130. The van der Waals surface area contributed by atoms with Crippen molar-refractivity contribution in [1.29, 1.82) is 0 Å². The number of rotatable bonds is 3. The van der Waals surface area contributed by atoms with E-state index in [2.05, 4.69) is 10.3 Å². The van der Waals surface area contributed by atoms with Crippen molar-refractivity contribution in [2.45, 2.75) is 0 Å². The summed E-state index contributed by atoms with van der Waals surface area (Å²) in [5.41, 5.74) is 1.84. The molecule has 1 aromatic heterocycles. The van der Waals surface area contributed by atoms with Crippen LogP contribution in [-0.4, -0.2) is 11.0 Å². The molecule has 4 aromatic rings. The number of hydrogen-bond acceptors (Lipinski definition) is 4. The summed E-state index contributed by atoms with van der Waals surface area (Å²) < 4.78 is 0. The molecule has 0 atom stereocenters. The van der Waals surface area contributed by atoms with Gasteiger partial charge in [0.05, 0.1) is 5.97 Å². The zero-order valence-electron chi connectivity index (χ0n) is 14.0. The Hall–Kier alpha value is -2.11. The molecule has 0 saturated heterocycles. The molecular weight excluding hydrogens is 359 g/mol. The smallest absolute Gasteiger partial charge is 0.545 e. The second kappa shape index (κ2) is 7.64. The minimum atomic E-state index is -1.20.